The third-order valence-corrected chi connectivity index (χ3v) is 3.91. The fourth-order valence-electron chi connectivity index (χ4n) is 2.19. The Kier molecular flexibility index (Phi) is 4.36. The van der Waals surface area contributed by atoms with Gasteiger partial charge in [-0.05, 0) is 43.2 Å². The third kappa shape index (κ3) is 2.67. The lowest BCUT2D eigenvalue weighted by Crippen LogP contribution is -2.07. The Bertz CT molecular complexity index is 678. The molecule has 2 aromatic rings. The first-order valence-corrected chi connectivity index (χ1v) is 6.85. The van der Waals surface area contributed by atoms with E-state index in [9.17, 15) is 4.79 Å². The van der Waals surface area contributed by atoms with Crippen molar-refractivity contribution in [3.8, 4) is 5.75 Å². The van der Waals surface area contributed by atoms with Gasteiger partial charge in [-0.2, -0.15) is 0 Å². The van der Waals surface area contributed by atoms with Crippen LogP contribution in [0.3, 0.4) is 0 Å². The van der Waals surface area contributed by atoms with Crippen LogP contribution in [0.4, 0.5) is 0 Å². The summed E-state index contributed by atoms with van der Waals surface area (Å²) >= 11 is 12.1. The van der Waals surface area contributed by atoms with E-state index in [1.807, 2.05) is 26.0 Å². The van der Waals surface area contributed by atoms with E-state index in [-0.39, 0.29) is 10.8 Å². The molecule has 0 aliphatic heterocycles. The largest absolute Gasteiger partial charge is 0.496 e. The van der Waals surface area contributed by atoms with Crippen molar-refractivity contribution >= 4 is 29.0 Å². The summed E-state index contributed by atoms with van der Waals surface area (Å²) in [7, 11) is 1.55. The highest BCUT2D eigenvalue weighted by molar-refractivity contribution is 6.44. The number of ketones is 1. The summed E-state index contributed by atoms with van der Waals surface area (Å²) in [6.07, 6.45) is 0. The van der Waals surface area contributed by atoms with Crippen LogP contribution in [0.5, 0.6) is 5.75 Å². The SMILES string of the molecule is COc1cc(C)cc(C)c1C(=O)c1cccc(Cl)c1Cl. The highest BCUT2D eigenvalue weighted by Crippen LogP contribution is 2.32. The van der Waals surface area contributed by atoms with E-state index >= 15 is 0 Å². The van der Waals surface area contributed by atoms with Crippen LogP contribution in [0.25, 0.3) is 0 Å². The summed E-state index contributed by atoms with van der Waals surface area (Å²) < 4.78 is 5.32. The minimum atomic E-state index is -0.188. The van der Waals surface area contributed by atoms with Crippen molar-refractivity contribution in [3.05, 3.63) is 62.6 Å². The van der Waals surface area contributed by atoms with Crippen molar-refractivity contribution in [2.45, 2.75) is 13.8 Å². The first kappa shape index (κ1) is 14.9. The van der Waals surface area contributed by atoms with Crippen LogP contribution in [0.2, 0.25) is 10.0 Å². The first-order chi connectivity index (χ1) is 9.45. The fraction of sp³-hybridized carbons (Fsp3) is 0.188. The van der Waals surface area contributed by atoms with Gasteiger partial charge in [-0.3, -0.25) is 4.79 Å². The summed E-state index contributed by atoms with van der Waals surface area (Å²) in [5.41, 5.74) is 2.78. The van der Waals surface area contributed by atoms with E-state index in [2.05, 4.69) is 0 Å². The fourth-order valence-corrected chi connectivity index (χ4v) is 2.58. The molecular formula is C16H14Cl2O2. The van der Waals surface area contributed by atoms with Gasteiger partial charge in [0.1, 0.15) is 5.75 Å². The van der Waals surface area contributed by atoms with Gasteiger partial charge < -0.3 is 4.74 Å². The molecule has 2 aromatic carbocycles. The minimum Gasteiger partial charge on any atom is -0.496 e. The number of hydrogen-bond donors (Lipinski definition) is 0. The molecule has 0 aromatic heterocycles. The number of aryl methyl sites for hydroxylation is 2. The van der Waals surface area contributed by atoms with Crippen molar-refractivity contribution in [2.24, 2.45) is 0 Å². The lowest BCUT2D eigenvalue weighted by Gasteiger charge is -2.13. The third-order valence-electron chi connectivity index (χ3n) is 3.09. The van der Waals surface area contributed by atoms with Crippen LogP contribution in [0.15, 0.2) is 30.3 Å². The number of rotatable bonds is 3. The van der Waals surface area contributed by atoms with Crippen molar-refractivity contribution in [3.63, 3.8) is 0 Å². The highest BCUT2D eigenvalue weighted by atomic mass is 35.5. The highest BCUT2D eigenvalue weighted by Gasteiger charge is 2.20. The van der Waals surface area contributed by atoms with E-state index in [1.54, 1.807) is 25.3 Å². The molecule has 4 heteroatoms. The second-order valence-electron chi connectivity index (χ2n) is 4.59. The number of carbonyl (C=O) groups excluding carboxylic acids is 1. The number of hydrogen-bond acceptors (Lipinski definition) is 2. The molecule has 104 valence electrons. The topological polar surface area (TPSA) is 26.3 Å². The molecule has 0 spiro atoms. The molecule has 0 N–H and O–H groups in total. The van der Waals surface area contributed by atoms with Gasteiger partial charge in [0.25, 0.3) is 0 Å². The average molecular weight is 309 g/mol. The predicted octanol–water partition coefficient (Wildman–Crippen LogP) is 4.85. The molecule has 2 nitrogen and oxygen atoms in total. The molecule has 0 atom stereocenters. The quantitative estimate of drug-likeness (QED) is 0.758. The van der Waals surface area contributed by atoms with Crippen molar-refractivity contribution in [2.75, 3.05) is 7.11 Å². The van der Waals surface area contributed by atoms with E-state index in [4.69, 9.17) is 27.9 Å². The number of methoxy groups -OCH3 is 1. The smallest absolute Gasteiger partial charge is 0.198 e. The molecule has 0 fully saturated rings. The normalized spacial score (nSPS) is 10.4. The molecular weight excluding hydrogens is 295 g/mol. The monoisotopic (exact) mass is 308 g/mol. The van der Waals surface area contributed by atoms with Crippen LogP contribution >= 0.6 is 23.2 Å². The van der Waals surface area contributed by atoms with Gasteiger partial charge in [0.15, 0.2) is 5.78 Å². The standard InChI is InChI=1S/C16H14Cl2O2/c1-9-7-10(2)14(13(8-9)20-3)16(19)11-5-4-6-12(17)15(11)18/h4-8H,1-3H3. The van der Waals surface area contributed by atoms with Gasteiger partial charge in [-0.25, -0.2) is 0 Å². The Morgan fingerprint density at radius 3 is 2.50 bits per heavy atom. The Hall–Kier alpha value is -1.51. The Balaban J connectivity index is 2.62. The Morgan fingerprint density at radius 1 is 1.15 bits per heavy atom. The maximum atomic E-state index is 12.7. The van der Waals surface area contributed by atoms with Gasteiger partial charge in [-0.1, -0.05) is 35.3 Å². The van der Waals surface area contributed by atoms with Crippen LogP contribution in [-0.2, 0) is 0 Å². The molecule has 0 unspecified atom stereocenters. The van der Waals surface area contributed by atoms with Crippen molar-refractivity contribution in [1.29, 1.82) is 0 Å². The molecule has 20 heavy (non-hydrogen) atoms. The van der Waals surface area contributed by atoms with Crippen molar-refractivity contribution < 1.29 is 9.53 Å². The molecule has 0 amide bonds. The van der Waals surface area contributed by atoms with Crippen LogP contribution in [0, 0.1) is 13.8 Å². The van der Waals surface area contributed by atoms with Gasteiger partial charge in [0.05, 0.1) is 22.7 Å². The lowest BCUT2D eigenvalue weighted by atomic mass is 9.96. The van der Waals surface area contributed by atoms with E-state index in [0.717, 1.165) is 11.1 Å². The van der Waals surface area contributed by atoms with Gasteiger partial charge >= 0.3 is 0 Å². The minimum absolute atomic E-state index is 0.188. The predicted molar refractivity (Wildman–Crippen MR) is 82.4 cm³/mol. The molecule has 0 aliphatic carbocycles. The van der Waals surface area contributed by atoms with E-state index in [0.29, 0.717) is 21.9 Å². The molecule has 0 radical (unpaired) electrons. The molecule has 0 saturated carbocycles. The lowest BCUT2D eigenvalue weighted by molar-refractivity contribution is 0.103. The maximum absolute atomic E-state index is 12.7. The second kappa shape index (κ2) is 5.86. The number of carbonyl (C=O) groups is 1. The van der Waals surface area contributed by atoms with Gasteiger partial charge in [0.2, 0.25) is 0 Å². The van der Waals surface area contributed by atoms with Crippen LogP contribution < -0.4 is 4.74 Å². The summed E-state index contributed by atoms with van der Waals surface area (Å²) in [6.45, 7) is 3.83. The zero-order valence-corrected chi connectivity index (χ0v) is 13.0. The van der Waals surface area contributed by atoms with Gasteiger partial charge in [-0.15, -0.1) is 0 Å². The number of benzene rings is 2. The summed E-state index contributed by atoms with van der Waals surface area (Å²) in [6, 6.07) is 8.79. The second-order valence-corrected chi connectivity index (χ2v) is 5.37. The number of ether oxygens (including phenoxy) is 1. The molecule has 0 aliphatic rings. The molecule has 0 saturated heterocycles. The number of halogens is 2. The summed E-state index contributed by atoms with van der Waals surface area (Å²) in [5.74, 6) is 0.357. The van der Waals surface area contributed by atoms with Gasteiger partial charge in [0, 0.05) is 5.56 Å². The van der Waals surface area contributed by atoms with Crippen LogP contribution in [0.1, 0.15) is 27.0 Å². The van der Waals surface area contributed by atoms with Crippen molar-refractivity contribution in [1.82, 2.24) is 0 Å². The summed E-state index contributed by atoms with van der Waals surface area (Å²) in [5, 5.41) is 0.627. The Morgan fingerprint density at radius 2 is 1.85 bits per heavy atom. The average Bonchev–Trinajstić information content (AvgIpc) is 2.40. The maximum Gasteiger partial charge on any atom is 0.198 e. The van der Waals surface area contributed by atoms with E-state index < -0.39 is 0 Å². The van der Waals surface area contributed by atoms with Crippen LogP contribution in [-0.4, -0.2) is 12.9 Å². The zero-order chi connectivity index (χ0) is 14.9. The van der Waals surface area contributed by atoms with E-state index in [1.165, 1.54) is 0 Å². The summed E-state index contributed by atoms with van der Waals surface area (Å²) in [4.78, 5) is 12.7. The molecule has 0 bridgehead atoms. The zero-order valence-electron chi connectivity index (χ0n) is 11.5. The molecule has 0 heterocycles. The Labute approximate surface area is 128 Å². The molecule has 2 rings (SSSR count). The first-order valence-electron chi connectivity index (χ1n) is 6.09.